The van der Waals surface area contributed by atoms with Crippen LogP contribution in [0.5, 0.6) is 5.75 Å². The predicted molar refractivity (Wildman–Crippen MR) is 62.1 cm³/mol. The van der Waals surface area contributed by atoms with Gasteiger partial charge >= 0.3 is 0 Å². The van der Waals surface area contributed by atoms with Crippen molar-refractivity contribution in [1.29, 1.82) is 0 Å². The third kappa shape index (κ3) is 1.86. The van der Waals surface area contributed by atoms with Crippen molar-refractivity contribution in [3.05, 3.63) is 29.8 Å². The first-order valence-electron chi connectivity index (χ1n) is 5.71. The molecule has 0 spiro atoms. The zero-order valence-electron chi connectivity index (χ0n) is 9.44. The number of nitrogens with two attached hydrogens (primary N) is 1. The monoisotopic (exact) mass is 205 g/mol. The van der Waals surface area contributed by atoms with Crippen molar-refractivity contribution < 1.29 is 4.74 Å². The summed E-state index contributed by atoms with van der Waals surface area (Å²) in [5.41, 5.74) is 7.55. The molecule has 1 heterocycles. The minimum Gasteiger partial charge on any atom is -0.493 e. The van der Waals surface area contributed by atoms with E-state index in [0.717, 1.165) is 18.8 Å². The van der Waals surface area contributed by atoms with Gasteiger partial charge < -0.3 is 10.5 Å². The molecule has 2 rings (SSSR count). The van der Waals surface area contributed by atoms with Crippen LogP contribution in [0, 0.1) is 5.92 Å². The Balaban J connectivity index is 2.20. The van der Waals surface area contributed by atoms with E-state index in [1.54, 1.807) is 0 Å². The van der Waals surface area contributed by atoms with E-state index in [-0.39, 0.29) is 6.04 Å². The minimum absolute atomic E-state index is 0.207. The topological polar surface area (TPSA) is 35.2 Å². The Kier molecular flexibility index (Phi) is 2.96. The lowest BCUT2D eigenvalue weighted by molar-refractivity contribution is 0.285. The molecule has 2 N–H and O–H groups in total. The second kappa shape index (κ2) is 4.23. The summed E-state index contributed by atoms with van der Waals surface area (Å²) in [6.45, 7) is 5.14. The Morgan fingerprint density at radius 2 is 2.20 bits per heavy atom. The zero-order chi connectivity index (χ0) is 10.8. The van der Waals surface area contributed by atoms with Gasteiger partial charge in [0.1, 0.15) is 5.75 Å². The molecule has 0 amide bonds. The molecular formula is C13H19NO. The molecule has 1 aromatic rings. The maximum absolute atomic E-state index is 6.27. The van der Waals surface area contributed by atoms with Gasteiger partial charge in [-0.25, -0.2) is 0 Å². The van der Waals surface area contributed by atoms with Gasteiger partial charge in [-0.2, -0.15) is 0 Å². The summed E-state index contributed by atoms with van der Waals surface area (Å²) in [4.78, 5) is 0. The van der Waals surface area contributed by atoms with E-state index >= 15 is 0 Å². The van der Waals surface area contributed by atoms with Gasteiger partial charge in [0.15, 0.2) is 0 Å². The van der Waals surface area contributed by atoms with E-state index in [1.807, 2.05) is 12.1 Å². The third-order valence-corrected chi connectivity index (χ3v) is 3.50. The van der Waals surface area contributed by atoms with Crippen LogP contribution >= 0.6 is 0 Å². The zero-order valence-corrected chi connectivity index (χ0v) is 9.44. The van der Waals surface area contributed by atoms with Crippen molar-refractivity contribution in [3.8, 4) is 5.75 Å². The van der Waals surface area contributed by atoms with Gasteiger partial charge in [0.25, 0.3) is 0 Å². The van der Waals surface area contributed by atoms with Crippen molar-refractivity contribution in [3.63, 3.8) is 0 Å². The van der Waals surface area contributed by atoms with E-state index < -0.39 is 0 Å². The van der Waals surface area contributed by atoms with Crippen LogP contribution in [0.4, 0.5) is 0 Å². The normalized spacial score (nSPS) is 23.0. The Labute approximate surface area is 91.4 Å². The second-order valence-electron chi connectivity index (χ2n) is 4.42. The predicted octanol–water partition coefficient (Wildman–Crippen LogP) is 2.54. The molecule has 3 unspecified atom stereocenters. The number of hydrogen-bond donors (Lipinski definition) is 1. The fraction of sp³-hybridized carbons (Fsp3) is 0.538. The van der Waals surface area contributed by atoms with E-state index in [0.29, 0.717) is 11.8 Å². The van der Waals surface area contributed by atoms with Gasteiger partial charge in [-0.05, 0) is 12.0 Å². The highest BCUT2D eigenvalue weighted by molar-refractivity contribution is 5.40. The number of benzene rings is 1. The van der Waals surface area contributed by atoms with Crippen molar-refractivity contribution in [2.24, 2.45) is 11.7 Å². The third-order valence-electron chi connectivity index (χ3n) is 3.50. The molecule has 3 atom stereocenters. The molecule has 2 heteroatoms. The number of rotatable bonds is 3. The molecule has 1 aliphatic rings. The average molecular weight is 205 g/mol. The standard InChI is InChI=1S/C13H19NO/c1-3-9(2)13(14)11-8-15-12-7-5-4-6-10(11)12/h4-7,9,11,13H,3,8,14H2,1-2H3. The molecule has 0 radical (unpaired) electrons. The molecule has 0 saturated carbocycles. The Morgan fingerprint density at radius 3 is 2.93 bits per heavy atom. The molecule has 15 heavy (non-hydrogen) atoms. The molecule has 0 saturated heterocycles. The molecule has 82 valence electrons. The molecular weight excluding hydrogens is 186 g/mol. The summed E-state index contributed by atoms with van der Waals surface area (Å²) >= 11 is 0. The smallest absolute Gasteiger partial charge is 0.122 e. The highest BCUT2D eigenvalue weighted by atomic mass is 16.5. The van der Waals surface area contributed by atoms with Crippen LogP contribution in [0.25, 0.3) is 0 Å². The molecule has 0 bridgehead atoms. The molecule has 1 aliphatic heterocycles. The van der Waals surface area contributed by atoms with Crippen molar-refractivity contribution >= 4 is 0 Å². The lowest BCUT2D eigenvalue weighted by Crippen LogP contribution is -2.35. The molecule has 0 aromatic heterocycles. The van der Waals surface area contributed by atoms with Gasteiger partial charge in [0.05, 0.1) is 6.61 Å². The Hall–Kier alpha value is -1.02. The van der Waals surface area contributed by atoms with Crippen molar-refractivity contribution in [2.45, 2.75) is 32.2 Å². The second-order valence-corrected chi connectivity index (χ2v) is 4.42. The van der Waals surface area contributed by atoms with Crippen LogP contribution in [0.15, 0.2) is 24.3 Å². The van der Waals surface area contributed by atoms with Crippen molar-refractivity contribution in [1.82, 2.24) is 0 Å². The lowest BCUT2D eigenvalue weighted by atomic mass is 9.85. The first-order chi connectivity index (χ1) is 7.24. The molecule has 0 aliphatic carbocycles. The summed E-state index contributed by atoms with van der Waals surface area (Å²) < 4.78 is 5.65. The Bertz CT molecular complexity index is 337. The fourth-order valence-corrected chi connectivity index (χ4v) is 2.17. The first kappa shape index (κ1) is 10.5. The molecule has 0 fully saturated rings. The molecule has 1 aromatic carbocycles. The maximum atomic E-state index is 6.27. The average Bonchev–Trinajstić information content (AvgIpc) is 2.70. The summed E-state index contributed by atoms with van der Waals surface area (Å²) in [5, 5.41) is 0. The lowest BCUT2D eigenvalue weighted by Gasteiger charge is -2.23. The summed E-state index contributed by atoms with van der Waals surface area (Å²) in [6.07, 6.45) is 1.12. The van der Waals surface area contributed by atoms with Gasteiger partial charge in [-0.3, -0.25) is 0 Å². The highest BCUT2D eigenvalue weighted by Gasteiger charge is 2.31. The first-order valence-corrected chi connectivity index (χ1v) is 5.71. The summed E-state index contributed by atoms with van der Waals surface area (Å²) in [7, 11) is 0. The number of fused-ring (bicyclic) bond motifs is 1. The van der Waals surface area contributed by atoms with Gasteiger partial charge in [-0.1, -0.05) is 38.5 Å². The quantitative estimate of drug-likeness (QED) is 0.823. The largest absolute Gasteiger partial charge is 0.493 e. The van der Waals surface area contributed by atoms with Crippen molar-refractivity contribution in [2.75, 3.05) is 6.61 Å². The van der Waals surface area contributed by atoms with Crippen LogP contribution in [-0.4, -0.2) is 12.6 Å². The van der Waals surface area contributed by atoms with Crippen LogP contribution in [-0.2, 0) is 0 Å². The van der Waals surface area contributed by atoms with Gasteiger partial charge in [0.2, 0.25) is 0 Å². The number of ether oxygens (including phenoxy) is 1. The fourth-order valence-electron chi connectivity index (χ4n) is 2.17. The van der Waals surface area contributed by atoms with E-state index in [9.17, 15) is 0 Å². The van der Waals surface area contributed by atoms with Gasteiger partial charge in [-0.15, -0.1) is 0 Å². The maximum Gasteiger partial charge on any atom is 0.122 e. The SMILES string of the molecule is CCC(C)C(N)C1COc2ccccc21. The molecule has 2 nitrogen and oxygen atoms in total. The van der Waals surface area contributed by atoms with E-state index in [1.165, 1.54) is 5.56 Å². The Morgan fingerprint density at radius 1 is 1.47 bits per heavy atom. The highest BCUT2D eigenvalue weighted by Crippen LogP contribution is 2.36. The number of hydrogen-bond acceptors (Lipinski definition) is 2. The minimum atomic E-state index is 0.207. The van der Waals surface area contributed by atoms with E-state index in [4.69, 9.17) is 10.5 Å². The summed E-state index contributed by atoms with van der Waals surface area (Å²) in [6, 6.07) is 8.44. The van der Waals surface area contributed by atoms with Crippen LogP contribution in [0.1, 0.15) is 31.7 Å². The van der Waals surface area contributed by atoms with Crippen LogP contribution in [0.3, 0.4) is 0 Å². The van der Waals surface area contributed by atoms with Gasteiger partial charge in [0, 0.05) is 17.5 Å². The summed E-state index contributed by atoms with van der Waals surface area (Å²) in [5.74, 6) is 1.93. The van der Waals surface area contributed by atoms with Crippen LogP contribution < -0.4 is 10.5 Å². The number of para-hydroxylation sites is 1. The van der Waals surface area contributed by atoms with E-state index in [2.05, 4.69) is 26.0 Å². The van der Waals surface area contributed by atoms with Crippen LogP contribution in [0.2, 0.25) is 0 Å².